The second kappa shape index (κ2) is 3.49. The van der Waals surface area contributed by atoms with Gasteiger partial charge in [0, 0.05) is 19.6 Å². The van der Waals surface area contributed by atoms with Crippen molar-refractivity contribution in [1.29, 1.82) is 0 Å². The van der Waals surface area contributed by atoms with Crippen LogP contribution in [0.15, 0.2) is 0 Å². The molecule has 1 aliphatic heterocycles. The molecule has 0 unspecified atom stereocenters. The van der Waals surface area contributed by atoms with Gasteiger partial charge < -0.3 is 10.0 Å². The number of hydrazine groups is 1. The van der Waals surface area contributed by atoms with Gasteiger partial charge >= 0.3 is 0 Å². The Morgan fingerprint density at radius 3 is 2.55 bits per heavy atom. The maximum Gasteiger partial charge on any atom is 0.0809 e. The SMILES string of the molecule is CN1CCC(O)(CNN)CC1. The summed E-state index contributed by atoms with van der Waals surface area (Å²) in [5.74, 6) is 5.16. The lowest BCUT2D eigenvalue weighted by atomic mass is 9.92. The molecule has 0 spiro atoms. The Morgan fingerprint density at radius 2 is 2.09 bits per heavy atom. The lowest BCUT2D eigenvalue weighted by Crippen LogP contribution is -2.50. The van der Waals surface area contributed by atoms with Crippen LogP contribution in [0, 0.1) is 0 Å². The summed E-state index contributed by atoms with van der Waals surface area (Å²) in [6.07, 6.45) is 1.63. The number of rotatable bonds is 2. The molecular formula is C7H17N3O. The molecule has 1 heterocycles. The van der Waals surface area contributed by atoms with Crippen LogP contribution < -0.4 is 11.3 Å². The van der Waals surface area contributed by atoms with Crippen molar-refractivity contribution in [3.8, 4) is 0 Å². The van der Waals surface area contributed by atoms with Crippen LogP contribution in [0.2, 0.25) is 0 Å². The van der Waals surface area contributed by atoms with E-state index in [0.717, 1.165) is 25.9 Å². The zero-order valence-electron chi connectivity index (χ0n) is 7.01. The molecule has 1 aliphatic rings. The Kier molecular flexibility index (Phi) is 2.84. The quantitative estimate of drug-likeness (QED) is 0.354. The highest BCUT2D eigenvalue weighted by Crippen LogP contribution is 2.19. The zero-order valence-corrected chi connectivity index (χ0v) is 7.01. The van der Waals surface area contributed by atoms with E-state index in [9.17, 15) is 5.11 Å². The number of nitrogens with one attached hydrogen (secondary N) is 1. The lowest BCUT2D eigenvalue weighted by Gasteiger charge is -2.36. The van der Waals surface area contributed by atoms with Crippen LogP contribution in [0.1, 0.15) is 12.8 Å². The number of aliphatic hydroxyl groups is 1. The van der Waals surface area contributed by atoms with E-state index in [1.807, 2.05) is 0 Å². The molecule has 0 aromatic carbocycles. The maximum absolute atomic E-state index is 9.82. The molecule has 0 aliphatic carbocycles. The number of nitrogens with two attached hydrogens (primary N) is 1. The van der Waals surface area contributed by atoms with Crippen molar-refractivity contribution in [2.45, 2.75) is 18.4 Å². The van der Waals surface area contributed by atoms with Gasteiger partial charge in [-0.3, -0.25) is 11.3 Å². The van der Waals surface area contributed by atoms with Crippen molar-refractivity contribution < 1.29 is 5.11 Å². The fourth-order valence-electron chi connectivity index (χ4n) is 1.40. The molecule has 0 radical (unpaired) electrons. The van der Waals surface area contributed by atoms with E-state index >= 15 is 0 Å². The molecule has 0 aromatic rings. The average molecular weight is 159 g/mol. The Bertz CT molecular complexity index is 121. The molecular weight excluding hydrogens is 142 g/mol. The van der Waals surface area contributed by atoms with Gasteiger partial charge in [-0.15, -0.1) is 0 Å². The molecule has 4 heteroatoms. The van der Waals surface area contributed by atoms with E-state index in [1.54, 1.807) is 0 Å². The number of hydrogen-bond acceptors (Lipinski definition) is 4. The Labute approximate surface area is 67.3 Å². The molecule has 1 fully saturated rings. The van der Waals surface area contributed by atoms with Gasteiger partial charge in [-0.1, -0.05) is 0 Å². The molecule has 11 heavy (non-hydrogen) atoms. The van der Waals surface area contributed by atoms with Gasteiger partial charge in [0.1, 0.15) is 0 Å². The summed E-state index contributed by atoms with van der Waals surface area (Å²) >= 11 is 0. The van der Waals surface area contributed by atoms with Gasteiger partial charge in [0.15, 0.2) is 0 Å². The third-order valence-electron chi connectivity index (χ3n) is 2.35. The molecule has 0 saturated carbocycles. The number of nitrogens with zero attached hydrogens (tertiary/aromatic N) is 1. The largest absolute Gasteiger partial charge is 0.388 e. The molecule has 66 valence electrons. The van der Waals surface area contributed by atoms with Crippen molar-refractivity contribution in [3.05, 3.63) is 0 Å². The standard InChI is InChI=1S/C7H17N3O/c1-10-4-2-7(11,3-5-10)6-9-8/h9,11H,2-6,8H2,1H3. The van der Waals surface area contributed by atoms with Crippen molar-refractivity contribution in [2.24, 2.45) is 5.84 Å². The van der Waals surface area contributed by atoms with E-state index in [1.165, 1.54) is 0 Å². The minimum Gasteiger partial charge on any atom is -0.388 e. The van der Waals surface area contributed by atoms with Crippen LogP contribution in [-0.2, 0) is 0 Å². The summed E-state index contributed by atoms with van der Waals surface area (Å²) in [6.45, 7) is 2.41. The summed E-state index contributed by atoms with van der Waals surface area (Å²) in [5, 5.41) is 9.82. The first-order valence-electron chi connectivity index (χ1n) is 4.01. The van der Waals surface area contributed by atoms with E-state index < -0.39 is 5.60 Å². The summed E-state index contributed by atoms with van der Waals surface area (Å²) in [4.78, 5) is 2.21. The van der Waals surface area contributed by atoms with E-state index in [0.29, 0.717) is 6.54 Å². The molecule has 4 N–H and O–H groups in total. The molecule has 0 amide bonds. The molecule has 0 atom stereocenters. The van der Waals surface area contributed by atoms with Gasteiger partial charge in [0.2, 0.25) is 0 Å². The highest BCUT2D eigenvalue weighted by atomic mass is 16.3. The highest BCUT2D eigenvalue weighted by molar-refractivity contribution is 4.85. The fraction of sp³-hybridized carbons (Fsp3) is 1.00. The summed E-state index contributed by atoms with van der Waals surface area (Å²) < 4.78 is 0. The summed E-state index contributed by atoms with van der Waals surface area (Å²) in [5.41, 5.74) is 1.96. The Balaban J connectivity index is 2.35. The van der Waals surface area contributed by atoms with Crippen molar-refractivity contribution >= 4 is 0 Å². The van der Waals surface area contributed by atoms with Gasteiger partial charge in [-0.2, -0.15) is 0 Å². The third-order valence-corrected chi connectivity index (χ3v) is 2.35. The third kappa shape index (κ3) is 2.41. The first-order valence-corrected chi connectivity index (χ1v) is 4.01. The first-order chi connectivity index (χ1) is 5.16. The van der Waals surface area contributed by atoms with Crippen LogP contribution in [0.25, 0.3) is 0 Å². The minimum atomic E-state index is -0.568. The zero-order chi connectivity index (χ0) is 8.32. The minimum absolute atomic E-state index is 0.501. The molecule has 1 saturated heterocycles. The maximum atomic E-state index is 9.82. The number of likely N-dealkylation sites (tertiary alicyclic amines) is 1. The van der Waals surface area contributed by atoms with Gasteiger partial charge in [-0.25, -0.2) is 0 Å². The van der Waals surface area contributed by atoms with Crippen LogP contribution in [0.4, 0.5) is 0 Å². The van der Waals surface area contributed by atoms with Crippen LogP contribution in [-0.4, -0.2) is 42.3 Å². The van der Waals surface area contributed by atoms with Gasteiger partial charge in [0.05, 0.1) is 5.60 Å². The topological polar surface area (TPSA) is 61.5 Å². The predicted octanol–water partition coefficient (Wildman–Crippen LogP) is -1.09. The Hall–Kier alpha value is -0.160. The molecule has 0 aromatic heterocycles. The summed E-state index contributed by atoms with van der Waals surface area (Å²) in [6, 6.07) is 0. The van der Waals surface area contributed by atoms with Crippen molar-refractivity contribution in [2.75, 3.05) is 26.7 Å². The van der Waals surface area contributed by atoms with Crippen LogP contribution in [0.5, 0.6) is 0 Å². The number of hydrogen-bond donors (Lipinski definition) is 3. The van der Waals surface area contributed by atoms with Gasteiger partial charge in [0.25, 0.3) is 0 Å². The second-order valence-electron chi connectivity index (χ2n) is 3.41. The normalized spacial score (nSPS) is 25.4. The first kappa shape index (κ1) is 8.93. The van der Waals surface area contributed by atoms with Crippen molar-refractivity contribution in [1.82, 2.24) is 10.3 Å². The Morgan fingerprint density at radius 1 is 1.55 bits per heavy atom. The average Bonchev–Trinajstić information content (AvgIpc) is 1.97. The number of piperidine rings is 1. The van der Waals surface area contributed by atoms with E-state index in [4.69, 9.17) is 5.84 Å². The van der Waals surface area contributed by atoms with E-state index in [2.05, 4.69) is 17.4 Å². The monoisotopic (exact) mass is 159 g/mol. The fourth-order valence-corrected chi connectivity index (χ4v) is 1.40. The molecule has 1 rings (SSSR count). The highest BCUT2D eigenvalue weighted by Gasteiger charge is 2.30. The van der Waals surface area contributed by atoms with Gasteiger partial charge in [-0.05, 0) is 19.9 Å². The smallest absolute Gasteiger partial charge is 0.0809 e. The predicted molar refractivity (Wildman–Crippen MR) is 43.9 cm³/mol. The van der Waals surface area contributed by atoms with Crippen LogP contribution in [0.3, 0.4) is 0 Å². The van der Waals surface area contributed by atoms with Crippen LogP contribution >= 0.6 is 0 Å². The van der Waals surface area contributed by atoms with E-state index in [-0.39, 0.29) is 0 Å². The van der Waals surface area contributed by atoms with Crippen molar-refractivity contribution in [3.63, 3.8) is 0 Å². The second-order valence-corrected chi connectivity index (χ2v) is 3.41. The summed E-state index contributed by atoms with van der Waals surface area (Å²) in [7, 11) is 2.06. The molecule has 0 bridgehead atoms. The molecule has 4 nitrogen and oxygen atoms in total. The lowest BCUT2D eigenvalue weighted by molar-refractivity contribution is -0.0142.